The molecule has 5 nitrogen and oxygen atoms in total. The highest BCUT2D eigenvalue weighted by atomic mass is 35.5. The summed E-state index contributed by atoms with van der Waals surface area (Å²) in [6, 6.07) is 12.4. The predicted molar refractivity (Wildman–Crippen MR) is 120 cm³/mol. The van der Waals surface area contributed by atoms with Crippen LogP contribution in [0.3, 0.4) is 0 Å². The molecule has 0 bridgehead atoms. The van der Waals surface area contributed by atoms with Gasteiger partial charge in [0.25, 0.3) is 5.91 Å². The van der Waals surface area contributed by atoms with E-state index in [1.807, 2.05) is 31.2 Å². The van der Waals surface area contributed by atoms with Crippen LogP contribution in [0.25, 0.3) is 0 Å². The van der Waals surface area contributed by atoms with Gasteiger partial charge < -0.3 is 4.90 Å². The monoisotopic (exact) mass is 468 g/mol. The highest BCUT2D eigenvalue weighted by Gasteiger charge is 2.49. The molecule has 1 amide bonds. The zero-order valence-electron chi connectivity index (χ0n) is 15.5. The number of anilines is 1. The summed E-state index contributed by atoms with van der Waals surface area (Å²) in [6.45, 7) is 1.99. The van der Waals surface area contributed by atoms with Gasteiger partial charge >= 0.3 is 0 Å². The molecule has 9 heteroatoms. The summed E-state index contributed by atoms with van der Waals surface area (Å²) in [4.78, 5) is 18.7. The van der Waals surface area contributed by atoms with Crippen LogP contribution < -0.4 is 4.90 Å². The van der Waals surface area contributed by atoms with Gasteiger partial charge in [-0.15, -0.1) is 0 Å². The Morgan fingerprint density at radius 3 is 2.62 bits per heavy atom. The van der Waals surface area contributed by atoms with Gasteiger partial charge in [0.15, 0.2) is 15.0 Å². The lowest BCUT2D eigenvalue weighted by Crippen LogP contribution is -2.38. The number of hydrogen-bond acceptors (Lipinski definition) is 4. The van der Waals surface area contributed by atoms with Crippen LogP contribution in [-0.4, -0.2) is 42.3 Å². The third-order valence-electron chi connectivity index (χ3n) is 4.93. The van der Waals surface area contributed by atoms with Crippen LogP contribution in [0.4, 0.5) is 5.69 Å². The number of amidine groups is 1. The molecule has 0 aromatic heterocycles. The fraction of sp³-hybridized carbons (Fsp3) is 0.300. The molecule has 2 aromatic carbocycles. The Balaban J connectivity index is 1.67. The zero-order chi connectivity index (χ0) is 20.8. The Bertz CT molecular complexity index is 1100. The summed E-state index contributed by atoms with van der Waals surface area (Å²) in [5, 5.41) is 1.18. The maximum Gasteiger partial charge on any atom is 0.252 e. The van der Waals surface area contributed by atoms with Crippen LogP contribution in [0.2, 0.25) is 10.0 Å². The fourth-order valence-electron chi connectivity index (χ4n) is 3.54. The van der Waals surface area contributed by atoms with Crippen molar-refractivity contribution in [1.82, 2.24) is 0 Å². The van der Waals surface area contributed by atoms with Gasteiger partial charge in [-0.05, 0) is 30.7 Å². The van der Waals surface area contributed by atoms with Crippen molar-refractivity contribution in [3.8, 4) is 0 Å². The lowest BCUT2D eigenvalue weighted by molar-refractivity contribution is -0.117. The molecule has 2 aromatic rings. The minimum absolute atomic E-state index is 0.00131. The molecular weight excluding hydrogens is 451 g/mol. The number of aryl methyl sites for hydroxylation is 1. The minimum atomic E-state index is -3.15. The molecule has 0 spiro atoms. The number of nitrogens with zero attached hydrogens (tertiary/aromatic N) is 2. The smallest absolute Gasteiger partial charge is 0.252 e. The quantitative estimate of drug-likeness (QED) is 0.676. The van der Waals surface area contributed by atoms with E-state index < -0.39 is 9.84 Å². The van der Waals surface area contributed by atoms with Crippen molar-refractivity contribution in [2.45, 2.75) is 24.6 Å². The van der Waals surface area contributed by atoms with Gasteiger partial charge in [0.05, 0.1) is 34.7 Å². The number of benzene rings is 2. The molecule has 0 N–H and O–H groups in total. The van der Waals surface area contributed by atoms with Gasteiger partial charge in [0.2, 0.25) is 0 Å². The topological polar surface area (TPSA) is 66.8 Å². The third kappa shape index (κ3) is 4.48. The van der Waals surface area contributed by atoms with Crippen molar-refractivity contribution < 1.29 is 13.2 Å². The van der Waals surface area contributed by atoms with Crippen molar-refractivity contribution in [3.05, 3.63) is 63.6 Å². The molecule has 2 saturated heterocycles. The molecule has 2 atom stereocenters. The van der Waals surface area contributed by atoms with Gasteiger partial charge in [-0.2, -0.15) is 4.99 Å². The number of carbonyl (C=O) groups is 1. The van der Waals surface area contributed by atoms with E-state index >= 15 is 0 Å². The number of rotatable bonds is 3. The summed E-state index contributed by atoms with van der Waals surface area (Å²) in [5.74, 6) is -0.233. The lowest BCUT2D eigenvalue weighted by atomic mass is 10.1. The SMILES string of the molecule is Cc1ccc(CC(=O)N=C2S[C@@H]3CS(=O)(=O)C[C@H]3N2c2cc(Cl)ccc2Cl)cc1. The molecule has 4 rings (SSSR count). The van der Waals surface area contributed by atoms with Gasteiger partial charge in [-0.3, -0.25) is 4.79 Å². The van der Waals surface area contributed by atoms with Crippen molar-refractivity contribution in [2.24, 2.45) is 4.99 Å². The van der Waals surface area contributed by atoms with Gasteiger partial charge in [0.1, 0.15) is 0 Å². The molecule has 0 unspecified atom stereocenters. The van der Waals surface area contributed by atoms with Crippen molar-refractivity contribution in [2.75, 3.05) is 16.4 Å². The second-order valence-electron chi connectivity index (χ2n) is 7.22. The van der Waals surface area contributed by atoms with Gasteiger partial charge in [0, 0.05) is 10.3 Å². The summed E-state index contributed by atoms with van der Waals surface area (Å²) >= 11 is 13.9. The lowest BCUT2D eigenvalue weighted by Gasteiger charge is -2.25. The zero-order valence-corrected chi connectivity index (χ0v) is 18.7. The molecule has 2 aliphatic rings. The van der Waals surface area contributed by atoms with E-state index in [4.69, 9.17) is 23.2 Å². The van der Waals surface area contributed by atoms with Crippen molar-refractivity contribution in [3.63, 3.8) is 0 Å². The molecule has 2 fully saturated rings. The van der Waals surface area contributed by atoms with Gasteiger partial charge in [-0.25, -0.2) is 8.42 Å². The van der Waals surface area contributed by atoms with Crippen LogP contribution in [-0.2, 0) is 21.1 Å². The van der Waals surface area contributed by atoms with E-state index in [2.05, 4.69) is 4.99 Å². The Morgan fingerprint density at radius 2 is 1.90 bits per heavy atom. The first-order chi connectivity index (χ1) is 13.7. The Morgan fingerprint density at radius 1 is 1.17 bits per heavy atom. The number of fused-ring (bicyclic) bond motifs is 1. The summed E-state index contributed by atoms with van der Waals surface area (Å²) < 4.78 is 24.3. The van der Waals surface area contributed by atoms with Crippen LogP contribution in [0.5, 0.6) is 0 Å². The Labute approximate surface area is 184 Å². The Kier molecular flexibility index (Phi) is 5.68. The van der Waals surface area contributed by atoms with E-state index in [-0.39, 0.29) is 35.1 Å². The first-order valence-electron chi connectivity index (χ1n) is 9.00. The number of sulfone groups is 1. The number of halogens is 2. The number of amides is 1. The van der Waals surface area contributed by atoms with E-state index in [1.165, 1.54) is 11.8 Å². The number of hydrogen-bond donors (Lipinski definition) is 0. The first-order valence-corrected chi connectivity index (χ1v) is 12.5. The van der Waals surface area contributed by atoms with E-state index in [9.17, 15) is 13.2 Å². The fourth-order valence-corrected chi connectivity index (χ4v) is 7.84. The molecule has 152 valence electrons. The molecule has 29 heavy (non-hydrogen) atoms. The van der Waals surface area contributed by atoms with E-state index in [0.29, 0.717) is 20.9 Å². The standard InChI is InChI=1S/C20H18Cl2N2O3S2/c1-12-2-4-13(5-3-12)8-19(25)23-20-24(16-9-14(21)6-7-15(16)22)17-10-29(26,27)11-18(17)28-20/h2-7,9,17-18H,8,10-11H2,1H3/t17-,18-/m1/s1. The molecule has 0 aliphatic carbocycles. The maximum absolute atomic E-state index is 12.6. The highest BCUT2D eigenvalue weighted by Crippen LogP contribution is 2.43. The maximum atomic E-state index is 12.6. The molecule has 2 aliphatic heterocycles. The first kappa shape index (κ1) is 20.7. The van der Waals surface area contributed by atoms with Crippen LogP contribution in [0.15, 0.2) is 47.5 Å². The van der Waals surface area contributed by atoms with Crippen molar-refractivity contribution in [1.29, 1.82) is 0 Å². The van der Waals surface area contributed by atoms with Crippen LogP contribution in [0.1, 0.15) is 11.1 Å². The molecule has 2 heterocycles. The molecule has 0 radical (unpaired) electrons. The minimum Gasteiger partial charge on any atom is -0.314 e. The number of aliphatic imine (C=N–C) groups is 1. The number of thioether (sulfide) groups is 1. The van der Waals surface area contributed by atoms with E-state index in [0.717, 1.165) is 11.1 Å². The number of carbonyl (C=O) groups excluding carboxylic acids is 1. The third-order valence-corrected chi connectivity index (χ3v) is 8.70. The average molecular weight is 469 g/mol. The highest BCUT2D eigenvalue weighted by molar-refractivity contribution is 8.16. The van der Waals surface area contributed by atoms with Crippen molar-refractivity contribution >= 4 is 61.6 Å². The van der Waals surface area contributed by atoms with Gasteiger partial charge in [-0.1, -0.05) is 64.8 Å². The summed E-state index contributed by atoms with van der Waals surface area (Å²) in [6.07, 6.45) is 0.176. The Hall–Kier alpha value is -1.54. The largest absolute Gasteiger partial charge is 0.314 e. The normalized spacial score (nSPS) is 24.1. The molecule has 0 saturated carbocycles. The van der Waals surface area contributed by atoms with Crippen LogP contribution >= 0.6 is 35.0 Å². The second-order valence-corrected chi connectivity index (χ2v) is 11.4. The summed E-state index contributed by atoms with van der Waals surface area (Å²) in [7, 11) is -3.15. The molecular formula is C20H18Cl2N2O3S2. The second kappa shape index (κ2) is 7.95. The van der Waals surface area contributed by atoms with E-state index in [1.54, 1.807) is 23.1 Å². The average Bonchev–Trinajstić information content (AvgIpc) is 3.10. The van der Waals surface area contributed by atoms with Crippen LogP contribution in [0, 0.1) is 6.92 Å². The summed E-state index contributed by atoms with van der Waals surface area (Å²) in [5.41, 5.74) is 2.57. The predicted octanol–water partition coefficient (Wildman–Crippen LogP) is 4.15.